The average molecular weight is 460 g/mol. The summed E-state index contributed by atoms with van der Waals surface area (Å²) in [5.74, 6) is -0.751. The molecule has 4 nitrogen and oxygen atoms in total. The zero-order chi connectivity index (χ0) is 22.3. The number of alkyl halides is 3. The van der Waals surface area contributed by atoms with Crippen molar-refractivity contribution in [2.75, 3.05) is 6.54 Å². The smallest absolute Gasteiger partial charge is 0.338 e. The molecule has 2 aromatic carbocycles. The minimum Gasteiger partial charge on any atom is -0.338 e. The van der Waals surface area contributed by atoms with Crippen LogP contribution in [0, 0.1) is 5.92 Å². The van der Waals surface area contributed by atoms with E-state index in [1.54, 1.807) is 29.2 Å². The van der Waals surface area contributed by atoms with Gasteiger partial charge in [0.25, 0.3) is 0 Å². The molecule has 1 saturated heterocycles. The highest BCUT2D eigenvalue weighted by molar-refractivity contribution is 7.92. The third-order valence-electron chi connectivity index (χ3n) is 5.65. The van der Waals surface area contributed by atoms with Crippen LogP contribution in [0.3, 0.4) is 0 Å². The Balaban J connectivity index is 1.84. The molecule has 1 atom stereocenters. The minimum absolute atomic E-state index is 0.0127. The SMILES string of the molecule is CC(C)([C@@H]1CC(=O)N(Cc2ccc(Cl)cc2)C1)S(=O)(=O)c1cccc(C(F)(F)F)c1. The van der Waals surface area contributed by atoms with Gasteiger partial charge in [-0.05, 0) is 49.7 Å². The number of halogens is 4. The Morgan fingerprint density at radius 3 is 2.33 bits per heavy atom. The lowest BCUT2D eigenvalue weighted by Crippen LogP contribution is -2.41. The van der Waals surface area contributed by atoms with Crippen LogP contribution in [0.5, 0.6) is 0 Å². The van der Waals surface area contributed by atoms with Crippen LogP contribution >= 0.6 is 11.6 Å². The maximum Gasteiger partial charge on any atom is 0.416 e. The summed E-state index contributed by atoms with van der Waals surface area (Å²) < 4.78 is 64.1. The van der Waals surface area contributed by atoms with Gasteiger partial charge in [-0.2, -0.15) is 13.2 Å². The predicted molar refractivity (Wildman–Crippen MR) is 108 cm³/mol. The summed E-state index contributed by atoms with van der Waals surface area (Å²) in [7, 11) is -4.13. The second-order valence-corrected chi connectivity index (χ2v) is 10.9. The van der Waals surface area contributed by atoms with E-state index in [9.17, 15) is 26.4 Å². The molecule has 2 aromatic rings. The average Bonchev–Trinajstić information content (AvgIpc) is 3.04. The van der Waals surface area contributed by atoms with Crippen LogP contribution in [-0.2, 0) is 27.4 Å². The van der Waals surface area contributed by atoms with E-state index in [1.165, 1.54) is 13.8 Å². The third kappa shape index (κ3) is 4.34. The molecule has 1 heterocycles. The molecule has 30 heavy (non-hydrogen) atoms. The number of benzene rings is 2. The molecule has 0 N–H and O–H groups in total. The van der Waals surface area contributed by atoms with Crippen molar-refractivity contribution in [2.24, 2.45) is 5.92 Å². The molecule has 0 radical (unpaired) electrons. The Hall–Kier alpha value is -2.06. The molecule has 0 saturated carbocycles. The van der Waals surface area contributed by atoms with Crippen LogP contribution in [0.2, 0.25) is 5.02 Å². The fourth-order valence-electron chi connectivity index (χ4n) is 3.56. The Kier molecular flexibility index (Phi) is 5.95. The van der Waals surface area contributed by atoms with Gasteiger partial charge in [-0.3, -0.25) is 4.79 Å². The van der Waals surface area contributed by atoms with Crippen molar-refractivity contribution in [3.05, 3.63) is 64.7 Å². The number of nitrogens with zero attached hydrogens (tertiary/aromatic N) is 1. The highest BCUT2D eigenvalue weighted by Gasteiger charge is 2.48. The summed E-state index contributed by atoms with van der Waals surface area (Å²) in [4.78, 5) is 13.7. The molecule has 1 amide bonds. The molecule has 162 valence electrons. The summed E-state index contributed by atoms with van der Waals surface area (Å²) in [6, 6.07) is 10.7. The molecule has 9 heteroatoms. The lowest BCUT2D eigenvalue weighted by Gasteiger charge is -2.31. The van der Waals surface area contributed by atoms with Crippen molar-refractivity contribution in [3.63, 3.8) is 0 Å². The topological polar surface area (TPSA) is 54.5 Å². The van der Waals surface area contributed by atoms with Gasteiger partial charge in [0, 0.05) is 30.5 Å². The summed E-state index contributed by atoms with van der Waals surface area (Å²) >= 11 is 5.87. The highest BCUT2D eigenvalue weighted by atomic mass is 35.5. The Labute approximate surface area is 178 Å². The molecule has 0 aromatic heterocycles. The first-order valence-corrected chi connectivity index (χ1v) is 11.1. The highest BCUT2D eigenvalue weighted by Crippen LogP contribution is 2.39. The van der Waals surface area contributed by atoms with Crippen LogP contribution in [-0.4, -0.2) is 30.5 Å². The lowest BCUT2D eigenvalue weighted by atomic mass is 9.94. The fourth-order valence-corrected chi connectivity index (χ4v) is 5.43. The summed E-state index contributed by atoms with van der Waals surface area (Å²) in [5.41, 5.74) is -0.168. The number of amides is 1. The molecular weight excluding hydrogens is 439 g/mol. The molecule has 0 bridgehead atoms. The molecular formula is C21H21ClF3NO3S. The van der Waals surface area contributed by atoms with Gasteiger partial charge in [0.1, 0.15) is 0 Å². The molecule has 3 rings (SSSR count). The molecule has 0 unspecified atom stereocenters. The van der Waals surface area contributed by atoms with Crippen molar-refractivity contribution >= 4 is 27.3 Å². The largest absolute Gasteiger partial charge is 0.416 e. The minimum atomic E-state index is -4.64. The number of sulfone groups is 1. The van der Waals surface area contributed by atoms with Crippen molar-refractivity contribution in [3.8, 4) is 0 Å². The van der Waals surface area contributed by atoms with E-state index in [0.717, 1.165) is 23.8 Å². The fraction of sp³-hybridized carbons (Fsp3) is 0.381. The Morgan fingerprint density at radius 2 is 1.73 bits per heavy atom. The molecule has 1 aliphatic rings. The number of carbonyl (C=O) groups is 1. The Bertz CT molecular complexity index is 1050. The van der Waals surface area contributed by atoms with Crippen LogP contribution < -0.4 is 0 Å². The van der Waals surface area contributed by atoms with E-state index in [4.69, 9.17) is 11.6 Å². The van der Waals surface area contributed by atoms with Crippen molar-refractivity contribution < 1.29 is 26.4 Å². The van der Waals surface area contributed by atoms with Gasteiger partial charge in [0.2, 0.25) is 5.91 Å². The normalized spacial score (nSPS) is 18.1. The number of likely N-dealkylation sites (tertiary alicyclic amines) is 1. The van der Waals surface area contributed by atoms with E-state index in [1.807, 2.05) is 0 Å². The first-order chi connectivity index (χ1) is 13.8. The number of carbonyl (C=O) groups excluding carboxylic acids is 1. The van der Waals surface area contributed by atoms with E-state index in [2.05, 4.69) is 0 Å². The van der Waals surface area contributed by atoms with E-state index >= 15 is 0 Å². The standard InChI is InChI=1S/C21H21ClF3NO3S/c1-20(2,30(28,29)18-5-3-4-15(10-18)21(23,24)25)16-11-19(27)26(13-16)12-14-6-8-17(22)9-7-14/h3-10,16H,11-13H2,1-2H3/t16-/m1/s1. The molecule has 1 fully saturated rings. The first-order valence-electron chi connectivity index (χ1n) is 9.26. The summed E-state index contributed by atoms with van der Waals surface area (Å²) in [6.45, 7) is 3.44. The molecule has 0 aliphatic carbocycles. The first kappa shape index (κ1) is 22.6. The lowest BCUT2D eigenvalue weighted by molar-refractivity contribution is -0.137. The molecule has 0 spiro atoms. The van der Waals surface area contributed by atoms with Gasteiger partial charge in [-0.15, -0.1) is 0 Å². The second kappa shape index (κ2) is 7.89. The van der Waals surface area contributed by atoms with Crippen LogP contribution in [0.25, 0.3) is 0 Å². The Morgan fingerprint density at radius 1 is 1.10 bits per heavy atom. The number of hydrogen-bond donors (Lipinski definition) is 0. The van der Waals surface area contributed by atoms with Crippen molar-refractivity contribution in [1.82, 2.24) is 4.90 Å². The predicted octanol–water partition coefficient (Wildman–Crippen LogP) is 4.96. The van der Waals surface area contributed by atoms with E-state index < -0.39 is 37.1 Å². The van der Waals surface area contributed by atoms with Gasteiger partial charge in [-0.1, -0.05) is 29.8 Å². The molecule has 1 aliphatic heterocycles. The van der Waals surface area contributed by atoms with Gasteiger partial charge in [-0.25, -0.2) is 8.42 Å². The van der Waals surface area contributed by atoms with Gasteiger partial charge in [0.05, 0.1) is 15.2 Å². The summed E-state index contributed by atoms with van der Waals surface area (Å²) in [5, 5.41) is 0.567. The van der Waals surface area contributed by atoms with E-state index in [0.29, 0.717) is 17.6 Å². The quantitative estimate of drug-likeness (QED) is 0.635. The maximum absolute atomic E-state index is 13.2. The van der Waals surface area contributed by atoms with Crippen LogP contribution in [0.1, 0.15) is 31.4 Å². The number of hydrogen-bond acceptors (Lipinski definition) is 3. The summed E-state index contributed by atoms with van der Waals surface area (Å²) in [6.07, 6.45) is -4.63. The third-order valence-corrected chi connectivity index (χ3v) is 8.49. The zero-order valence-electron chi connectivity index (χ0n) is 16.4. The zero-order valence-corrected chi connectivity index (χ0v) is 18.0. The maximum atomic E-state index is 13.2. The van der Waals surface area contributed by atoms with Crippen molar-refractivity contribution in [2.45, 2.75) is 42.6 Å². The van der Waals surface area contributed by atoms with Crippen LogP contribution in [0.15, 0.2) is 53.4 Å². The van der Waals surface area contributed by atoms with Gasteiger partial charge in [0.15, 0.2) is 9.84 Å². The van der Waals surface area contributed by atoms with Gasteiger partial charge < -0.3 is 4.90 Å². The van der Waals surface area contributed by atoms with Gasteiger partial charge >= 0.3 is 6.18 Å². The van der Waals surface area contributed by atoms with Crippen LogP contribution in [0.4, 0.5) is 13.2 Å². The second-order valence-electron chi connectivity index (χ2n) is 7.93. The monoisotopic (exact) mass is 459 g/mol. The van der Waals surface area contributed by atoms with E-state index in [-0.39, 0.29) is 18.9 Å². The number of rotatable bonds is 5. The van der Waals surface area contributed by atoms with Crippen molar-refractivity contribution in [1.29, 1.82) is 0 Å².